The van der Waals surface area contributed by atoms with Crippen molar-refractivity contribution in [2.75, 3.05) is 5.32 Å². The number of nitrogens with zero attached hydrogens (tertiary/aromatic N) is 2. The first kappa shape index (κ1) is 16.3. The summed E-state index contributed by atoms with van der Waals surface area (Å²) < 4.78 is 13.9. The van der Waals surface area contributed by atoms with Crippen LogP contribution in [0.5, 0.6) is 11.5 Å². The van der Waals surface area contributed by atoms with Gasteiger partial charge in [-0.1, -0.05) is 0 Å². The molecule has 7 nitrogen and oxygen atoms in total. The summed E-state index contributed by atoms with van der Waals surface area (Å²) in [7, 11) is 0. The third-order valence-corrected chi connectivity index (χ3v) is 5.83. The minimum Gasteiger partial charge on any atom is -0.448 e. The number of carbonyl (C=O) groups excluding carboxylic acids is 1. The van der Waals surface area contributed by atoms with Crippen LogP contribution in [0.25, 0.3) is 10.2 Å². The molecule has 27 heavy (non-hydrogen) atoms. The highest BCUT2D eigenvalue weighted by atomic mass is 32.1. The van der Waals surface area contributed by atoms with Gasteiger partial charge in [0, 0.05) is 24.6 Å². The van der Waals surface area contributed by atoms with Crippen LogP contribution in [0.1, 0.15) is 25.7 Å². The van der Waals surface area contributed by atoms with E-state index in [4.69, 9.17) is 9.47 Å². The molecule has 0 saturated heterocycles. The Hall–Kier alpha value is -2.87. The number of nitrogens with one attached hydrogen (secondary N) is 1. The molecule has 1 aromatic carbocycles. The third kappa shape index (κ3) is 2.86. The van der Waals surface area contributed by atoms with Crippen molar-refractivity contribution in [3.05, 3.63) is 46.3 Å². The second-order valence-electron chi connectivity index (χ2n) is 6.84. The molecule has 3 heterocycles. The minimum absolute atomic E-state index is 0.0992. The molecular weight excluding hydrogens is 366 g/mol. The number of benzene rings is 1. The van der Waals surface area contributed by atoms with E-state index in [1.54, 1.807) is 18.2 Å². The Labute approximate surface area is 158 Å². The first-order valence-electron chi connectivity index (χ1n) is 8.87. The fraction of sp³-hybridized carbons (Fsp3) is 0.316. The highest BCUT2D eigenvalue weighted by Crippen LogP contribution is 2.47. The smallest absolute Gasteiger partial charge is 0.271 e. The largest absolute Gasteiger partial charge is 0.448 e. The van der Waals surface area contributed by atoms with Crippen molar-refractivity contribution in [2.24, 2.45) is 0 Å². The lowest BCUT2D eigenvalue weighted by Gasteiger charge is -2.21. The standard InChI is InChI=1S/C19H17N3O4S/c23-16(10-22-11-20-13-5-8-27-17(13)18(22)24)21-12-3-4-14-15(9-12)26-19(25-14)6-1-2-7-19/h3-5,8-9,11H,1-2,6-7,10H2,(H,21,23). The molecule has 0 unspecified atom stereocenters. The second-order valence-corrected chi connectivity index (χ2v) is 7.76. The van der Waals surface area contributed by atoms with Crippen LogP contribution >= 0.6 is 11.3 Å². The zero-order chi connectivity index (χ0) is 18.4. The van der Waals surface area contributed by atoms with Crippen LogP contribution < -0.4 is 20.3 Å². The van der Waals surface area contributed by atoms with E-state index in [0.717, 1.165) is 25.7 Å². The molecule has 5 rings (SSSR count). The van der Waals surface area contributed by atoms with Crippen molar-refractivity contribution in [1.82, 2.24) is 9.55 Å². The summed E-state index contributed by atoms with van der Waals surface area (Å²) in [4.78, 5) is 29.0. The van der Waals surface area contributed by atoms with Crippen molar-refractivity contribution in [2.45, 2.75) is 38.0 Å². The van der Waals surface area contributed by atoms with Crippen molar-refractivity contribution in [3.8, 4) is 11.5 Å². The summed E-state index contributed by atoms with van der Waals surface area (Å²) in [5, 5.41) is 4.62. The number of hydrogen-bond donors (Lipinski definition) is 1. The van der Waals surface area contributed by atoms with Crippen LogP contribution in [0.4, 0.5) is 5.69 Å². The molecule has 1 fully saturated rings. The second kappa shape index (κ2) is 6.09. The number of ether oxygens (including phenoxy) is 2. The number of fused-ring (bicyclic) bond motifs is 2. The van der Waals surface area contributed by atoms with Gasteiger partial charge in [-0.2, -0.15) is 0 Å². The zero-order valence-electron chi connectivity index (χ0n) is 14.4. The van der Waals surface area contributed by atoms with Crippen LogP contribution in [0.3, 0.4) is 0 Å². The molecule has 2 aliphatic rings. The summed E-state index contributed by atoms with van der Waals surface area (Å²) in [6.45, 7) is -0.0992. The van der Waals surface area contributed by atoms with E-state index in [1.165, 1.54) is 22.2 Å². The van der Waals surface area contributed by atoms with E-state index in [1.807, 2.05) is 11.4 Å². The quantitative estimate of drug-likeness (QED) is 0.751. The van der Waals surface area contributed by atoms with Gasteiger partial charge in [0.1, 0.15) is 11.2 Å². The molecule has 1 amide bonds. The van der Waals surface area contributed by atoms with Gasteiger partial charge in [-0.05, 0) is 36.4 Å². The van der Waals surface area contributed by atoms with Gasteiger partial charge in [-0.15, -0.1) is 11.3 Å². The molecule has 138 valence electrons. The number of rotatable bonds is 3. The highest BCUT2D eigenvalue weighted by Gasteiger charge is 2.44. The predicted molar refractivity (Wildman–Crippen MR) is 101 cm³/mol. The normalized spacial score (nSPS) is 16.9. The van der Waals surface area contributed by atoms with Gasteiger partial charge in [0.2, 0.25) is 5.91 Å². The van der Waals surface area contributed by atoms with Crippen molar-refractivity contribution >= 4 is 33.1 Å². The van der Waals surface area contributed by atoms with Crippen molar-refractivity contribution in [3.63, 3.8) is 0 Å². The fourth-order valence-corrected chi connectivity index (χ4v) is 4.43. The summed E-state index contributed by atoms with van der Waals surface area (Å²) in [6, 6.07) is 7.14. The van der Waals surface area contributed by atoms with Gasteiger partial charge in [0.05, 0.1) is 11.8 Å². The first-order valence-corrected chi connectivity index (χ1v) is 9.74. The maximum absolute atomic E-state index is 12.4. The van der Waals surface area contributed by atoms with E-state index in [0.29, 0.717) is 27.4 Å². The van der Waals surface area contributed by atoms with Crippen molar-refractivity contribution in [1.29, 1.82) is 0 Å². The Morgan fingerprint density at radius 1 is 1.22 bits per heavy atom. The molecule has 1 aliphatic heterocycles. The van der Waals surface area contributed by atoms with Gasteiger partial charge in [-0.25, -0.2) is 4.98 Å². The summed E-state index contributed by atoms with van der Waals surface area (Å²) in [6.07, 6.45) is 5.35. The molecule has 2 aromatic heterocycles. The maximum atomic E-state index is 12.4. The molecule has 1 N–H and O–H groups in total. The molecule has 3 aromatic rings. The van der Waals surface area contributed by atoms with Crippen LogP contribution in [-0.2, 0) is 11.3 Å². The van der Waals surface area contributed by atoms with E-state index in [-0.39, 0.29) is 18.0 Å². The maximum Gasteiger partial charge on any atom is 0.271 e. The fourth-order valence-electron chi connectivity index (χ4n) is 3.64. The first-order chi connectivity index (χ1) is 13.1. The predicted octanol–water partition coefficient (Wildman–Crippen LogP) is 3.14. The monoisotopic (exact) mass is 383 g/mol. The Balaban J connectivity index is 1.31. The number of anilines is 1. The SMILES string of the molecule is O=C(Cn1cnc2ccsc2c1=O)Nc1ccc2c(c1)OC1(CCCC1)O2. The van der Waals surface area contributed by atoms with E-state index < -0.39 is 5.79 Å². The lowest BCUT2D eigenvalue weighted by Crippen LogP contribution is -2.34. The van der Waals surface area contributed by atoms with Gasteiger partial charge in [0.25, 0.3) is 11.3 Å². The van der Waals surface area contributed by atoms with Crippen LogP contribution in [0.2, 0.25) is 0 Å². The molecule has 8 heteroatoms. The number of amides is 1. The van der Waals surface area contributed by atoms with Crippen molar-refractivity contribution < 1.29 is 14.3 Å². The molecule has 1 saturated carbocycles. The molecule has 0 radical (unpaired) electrons. The topological polar surface area (TPSA) is 82.5 Å². The van der Waals surface area contributed by atoms with Gasteiger partial charge >= 0.3 is 0 Å². The average Bonchev–Trinajstić information content (AvgIpc) is 3.37. The minimum atomic E-state index is -0.528. The Morgan fingerprint density at radius 3 is 2.89 bits per heavy atom. The summed E-state index contributed by atoms with van der Waals surface area (Å²) in [5.74, 6) is 0.524. The molecule has 0 bridgehead atoms. The molecule has 1 aliphatic carbocycles. The summed E-state index contributed by atoms with van der Waals surface area (Å²) in [5.41, 5.74) is 1.05. The lowest BCUT2D eigenvalue weighted by atomic mass is 10.2. The number of aromatic nitrogens is 2. The Kier molecular flexibility index (Phi) is 3.68. The average molecular weight is 383 g/mol. The molecular formula is C19H17N3O4S. The number of hydrogen-bond acceptors (Lipinski definition) is 6. The van der Waals surface area contributed by atoms with Gasteiger partial charge < -0.3 is 14.8 Å². The van der Waals surface area contributed by atoms with E-state index >= 15 is 0 Å². The van der Waals surface area contributed by atoms with E-state index in [2.05, 4.69) is 10.3 Å². The van der Waals surface area contributed by atoms with Gasteiger partial charge in [0.15, 0.2) is 11.5 Å². The van der Waals surface area contributed by atoms with Crippen LogP contribution in [0.15, 0.2) is 40.8 Å². The Bertz CT molecular complexity index is 1100. The number of thiophene rings is 1. The third-order valence-electron chi connectivity index (χ3n) is 4.93. The summed E-state index contributed by atoms with van der Waals surface area (Å²) >= 11 is 1.32. The number of carbonyl (C=O) groups is 1. The molecule has 0 atom stereocenters. The highest BCUT2D eigenvalue weighted by molar-refractivity contribution is 7.17. The zero-order valence-corrected chi connectivity index (χ0v) is 15.3. The molecule has 1 spiro atoms. The van der Waals surface area contributed by atoms with E-state index in [9.17, 15) is 9.59 Å². The van der Waals surface area contributed by atoms with Gasteiger partial charge in [-0.3, -0.25) is 14.2 Å². The van der Waals surface area contributed by atoms with Crippen LogP contribution in [-0.4, -0.2) is 21.2 Å². The van der Waals surface area contributed by atoms with Crippen LogP contribution in [0, 0.1) is 0 Å². The Morgan fingerprint density at radius 2 is 2.04 bits per heavy atom. The lowest BCUT2D eigenvalue weighted by molar-refractivity contribution is -0.116.